The smallest absolute Gasteiger partial charge is 0.329 e. The molecule has 6 aliphatic rings. The number of cyclic esters (lactones) is 1. The summed E-state index contributed by atoms with van der Waals surface area (Å²) in [5.74, 6) is -8.41. The van der Waals surface area contributed by atoms with Crippen LogP contribution in [0.4, 0.5) is 0 Å². The van der Waals surface area contributed by atoms with Gasteiger partial charge in [-0.15, -0.1) is 0 Å². The molecule has 0 aromatic carbocycles. The quantitative estimate of drug-likeness (QED) is 0.148. The van der Waals surface area contributed by atoms with Gasteiger partial charge in [-0.25, -0.2) is 4.79 Å². The van der Waals surface area contributed by atoms with E-state index in [0.717, 1.165) is 5.57 Å². The van der Waals surface area contributed by atoms with Gasteiger partial charge in [-0.1, -0.05) is 71.1 Å². The van der Waals surface area contributed by atoms with Gasteiger partial charge in [0, 0.05) is 51.4 Å². The van der Waals surface area contributed by atoms with Crippen molar-refractivity contribution in [3.05, 3.63) is 47.6 Å². The normalized spacial score (nSPS) is 43.2. The third-order valence-electron chi connectivity index (χ3n) is 16.5. The van der Waals surface area contributed by atoms with E-state index in [9.17, 15) is 44.4 Å². The van der Waals surface area contributed by atoms with E-state index >= 15 is 0 Å². The predicted molar refractivity (Wildman–Crippen MR) is 268 cm³/mol. The van der Waals surface area contributed by atoms with Gasteiger partial charge in [-0.3, -0.25) is 19.2 Å². The number of allylic oxidation sites excluding steroid dienone is 6. The van der Waals surface area contributed by atoms with Gasteiger partial charge in [0.25, 0.3) is 11.7 Å². The summed E-state index contributed by atoms with van der Waals surface area (Å²) in [6.45, 7) is 12.9. The molecule has 4 saturated heterocycles. The third kappa shape index (κ3) is 14.5. The highest BCUT2D eigenvalue weighted by Gasteiger charge is 2.54. The van der Waals surface area contributed by atoms with Crippen LogP contribution < -0.4 is 0 Å². The molecule has 1 amide bonds. The van der Waals surface area contributed by atoms with Gasteiger partial charge in [0.15, 0.2) is 5.78 Å². The molecule has 0 aromatic rings. The fourth-order valence-electron chi connectivity index (χ4n) is 11.8. The van der Waals surface area contributed by atoms with Crippen molar-refractivity contribution in [1.29, 1.82) is 0 Å². The number of ketones is 3. The second-order valence-corrected chi connectivity index (χ2v) is 22.2. The maximum absolute atomic E-state index is 14.5. The Morgan fingerprint density at radius 1 is 0.808 bits per heavy atom. The number of fused-ring (bicyclic) bond motifs is 4. The fraction of sp³-hybridized carbons (Fsp3) is 0.768. The molecular formula is C56H85NO16. The van der Waals surface area contributed by atoms with Gasteiger partial charge in [0.1, 0.15) is 54.6 Å². The molecule has 17 nitrogen and oxygen atoms in total. The summed E-state index contributed by atoms with van der Waals surface area (Å²) in [6.07, 6.45) is 7.79. The maximum Gasteiger partial charge on any atom is 0.329 e. The number of rotatable bonds is 7. The molecule has 17 heteroatoms. The molecule has 5 heterocycles. The molecule has 2 bridgehead atoms. The second kappa shape index (κ2) is 26.5. The number of aliphatic hydroxyl groups excluding tert-OH is 3. The van der Waals surface area contributed by atoms with Crippen LogP contribution in [0.25, 0.3) is 0 Å². The number of ether oxygens (including phenoxy) is 7. The van der Waals surface area contributed by atoms with Crippen molar-refractivity contribution >= 4 is 29.2 Å². The molecule has 19 atom stereocenters. The van der Waals surface area contributed by atoms with Crippen LogP contribution in [0.5, 0.6) is 0 Å². The second-order valence-electron chi connectivity index (χ2n) is 22.2. The van der Waals surface area contributed by atoms with E-state index in [1.165, 1.54) is 12.0 Å². The minimum absolute atomic E-state index is 0.0303. The number of piperidine rings is 1. The zero-order valence-electron chi connectivity index (χ0n) is 44.6. The van der Waals surface area contributed by atoms with Gasteiger partial charge in [0.2, 0.25) is 5.79 Å². The SMILES string of the molecule is CO[C@@H]1C[C@H](C[C@@H](C)[C@@H]2CC(=O)[C@H](C)/C=C(\C)[C@@H](O)[C@@H](OC)C(=O)[C@H](C)C[C@H](C)/C=C/C=C/C=C(\C)[C@H](O[C@@H]3CO[C@H]4[C@@H]3OC[C@H]4O)C[C@@H]3CC[C@@H](C)[C@@](O)(O3)C(=O)C(=O)N3CCCC[C@H]3C(=O)O2)CC[C@H]1O. The summed E-state index contributed by atoms with van der Waals surface area (Å²) in [5.41, 5.74) is 1.16. The number of Topliss-reactive ketones (excluding diaryl/α,β-unsaturated/α-hetero) is 3. The van der Waals surface area contributed by atoms with E-state index in [2.05, 4.69) is 0 Å². The molecule has 410 valence electrons. The van der Waals surface area contributed by atoms with Crippen LogP contribution >= 0.6 is 0 Å². The Morgan fingerprint density at radius 2 is 1.55 bits per heavy atom. The largest absolute Gasteiger partial charge is 0.460 e. The lowest BCUT2D eigenvalue weighted by atomic mass is 9.78. The first-order valence-corrected chi connectivity index (χ1v) is 26.9. The zero-order valence-corrected chi connectivity index (χ0v) is 44.6. The van der Waals surface area contributed by atoms with Crippen LogP contribution in [-0.2, 0) is 57.1 Å². The number of aliphatic hydroxyl groups is 4. The average molecular weight is 1030 g/mol. The summed E-state index contributed by atoms with van der Waals surface area (Å²) in [6, 6.07) is -1.18. The topological polar surface area (TPSA) is 234 Å². The third-order valence-corrected chi connectivity index (χ3v) is 16.5. The molecule has 4 N–H and O–H groups in total. The molecule has 1 saturated carbocycles. The minimum Gasteiger partial charge on any atom is -0.460 e. The highest BCUT2D eigenvalue weighted by Crippen LogP contribution is 2.39. The van der Waals surface area contributed by atoms with E-state index < -0.39 is 108 Å². The molecule has 1 aliphatic carbocycles. The van der Waals surface area contributed by atoms with Crippen molar-refractivity contribution < 1.29 is 77.6 Å². The standard InChI is InChI=1S/C56H85NO16/c1-31-15-11-10-12-16-32(2)44(71-47-30-70-50-43(60)29-69-51(47)50)27-39-20-18-37(7)56(66,73-39)53(63)54(64)57-22-14-13-17-40(57)55(65)72-45(34(4)25-38-19-21-41(58)46(26-38)67-8)28-42(59)33(3)24-36(6)49(62)52(68-9)48(61)35(5)23-31/h10-12,15-16,24,31,33-35,37-41,43-47,49-52,58,60,62,66H,13-14,17-23,25-30H2,1-9H3/b12-10+,15-11+,32-16+,36-24+/t31-,33-,34-,35-,37-,38+,39+,40+,41-,43-,44-,45+,46-,47-,49-,50-,51-,52+,56-/m1/s1. The number of nitrogens with zero attached hydrogens (tertiary/aromatic N) is 1. The number of carbonyl (C=O) groups is 5. The van der Waals surface area contributed by atoms with Crippen LogP contribution in [0.2, 0.25) is 0 Å². The van der Waals surface area contributed by atoms with Crippen molar-refractivity contribution in [3.63, 3.8) is 0 Å². The van der Waals surface area contributed by atoms with Crippen molar-refractivity contribution in [2.75, 3.05) is 34.0 Å². The van der Waals surface area contributed by atoms with Gasteiger partial charge < -0.3 is 58.5 Å². The molecule has 5 aliphatic heterocycles. The molecule has 0 aromatic heterocycles. The first kappa shape index (κ1) is 58.8. The van der Waals surface area contributed by atoms with Gasteiger partial charge in [-0.2, -0.15) is 0 Å². The number of esters is 1. The highest BCUT2D eigenvalue weighted by molar-refractivity contribution is 6.39. The Bertz CT molecular complexity index is 2040. The van der Waals surface area contributed by atoms with E-state index in [1.807, 2.05) is 51.2 Å². The van der Waals surface area contributed by atoms with Crippen molar-refractivity contribution in [2.24, 2.45) is 35.5 Å². The van der Waals surface area contributed by atoms with Gasteiger partial charge in [-0.05, 0) is 107 Å². The lowest BCUT2D eigenvalue weighted by molar-refractivity contribution is -0.266. The fourth-order valence-corrected chi connectivity index (χ4v) is 11.8. The van der Waals surface area contributed by atoms with Crippen molar-refractivity contribution in [3.8, 4) is 0 Å². The summed E-state index contributed by atoms with van der Waals surface area (Å²) < 4.78 is 42.2. The van der Waals surface area contributed by atoms with Crippen LogP contribution in [0, 0.1) is 35.5 Å². The summed E-state index contributed by atoms with van der Waals surface area (Å²) in [5, 5.41) is 44.7. The van der Waals surface area contributed by atoms with E-state index in [1.54, 1.807) is 40.9 Å². The lowest BCUT2D eigenvalue weighted by Gasteiger charge is -2.43. The van der Waals surface area contributed by atoms with Crippen LogP contribution in [0.3, 0.4) is 0 Å². The summed E-state index contributed by atoms with van der Waals surface area (Å²) >= 11 is 0. The molecule has 5 fully saturated rings. The van der Waals surface area contributed by atoms with Crippen molar-refractivity contribution in [2.45, 2.75) is 204 Å². The average Bonchev–Trinajstić information content (AvgIpc) is 3.95. The van der Waals surface area contributed by atoms with E-state index in [-0.39, 0.29) is 74.4 Å². The minimum atomic E-state index is -2.52. The summed E-state index contributed by atoms with van der Waals surface area (Å²) in [7, 11) is 2.93. The van der Waals surface area contributed by atoms with Crippen LogP contribution in [0.15, 0.2) is 47.6 Å². The molecule has 0 spiro atoms. The van der Waals surface area contributed by atoms with Crippen LogP contribution in [-0.4, -0.2) is 168 Å². The molecule has 73 heavy (non-hydrogen) atoms. The number of carbonyl (C=O) groups excluding carboxylic acids is 5. The Labute approximate surface area is 432 Å². The number of amides is 1. The number of hydrogen-bond donors (Lipinski definition) is 4. The Balaban J connectivity index is 1.31. The predicted octanol–water partition coefficient (Wildman–Crippen LogP) is 5.08. The molecule has 6 rings (SSSR count). The number of methoxy groups -OCH3 is 2. The Morgan fingerprint density at radius 3 is 2.27 bits per heavy atom. The molecule has 0 unspecified atom stereocenters. The van der Waals surface area contributed by atoms with Crippen molar-refractivity contribution in [1.82, 2.24) is 4.90 Å². The first-order chi connectivity index (χ1) is 34.7. The van der Waals surface area contributed by atoms with Crippen LogP contribution in [0.1, 0.15) is 126 Å². The van der Waals surface area contributed by atoms with Gasteiger partial charge in [0.05, 0.1) is 37.6 Å². The summed E-state index contributed by atoms with van der Waals surface area (Å²) in [4.78, 5) is 72.7. The van der Waals surface area contributed by atoms with E-state index in [0.29, 0.717) is 63.4 Å². The molecule has 0 radical (unpaired) electrons. The highest BCUT2D eigenvalue weighted by atomic mass is 16.6. The zero-order chi connectivity index (χ0) is 53.3. The van der Waals surface area contributed by atoms with Gasteiger partial charge >= 0.3 is 5.97 Å². The number of hydrogen-bond acceptors (Lipinski definition) is 16. The van der Waals surface area contributed by atoms with E-state index in [4.69, 9.17) is 33.2 Å². The Hall–Kier alpha value is -3.49. The maximum atomic E-state index is 14.5. The molecular weight excluding hydrogens is 943 g/mol. The lowest BCUT2D eigenvalue weighted by Crippen LogP contribution is -2.61. The Kier molecular flexibility index (Phi) is 21.3. The first-order valence-electron chi connectivity index (χ1n) is 26.9. The monoisotopic (exact) mass is 1030 g/mol.